The van der Waals surface area contributed by atoms with Gasteiger partial charge in [-0.15, -0.1) is 0 Å². The summed E-state index contributed by atoms with van der Waals surface area (Å²) in [7, 11) is 0. The molecule has 154 valence electrons. The van der Waals surface area contributed by atoms with Gasteiger partial charge in [0.15, 0.2) is 0 Å². The number of morpholine rings is 1. The first kappa shape index (κ1) is 20.3. The highest BCUT2D eigenvalue weighted by molar-refractivity contribution is 6.34. The average Bonchev–Trinajstić information content (AvgIpc) is 2.80. The number of rotatable bonds is 5. The number of pyridine rings is 1. The summed E-state index contributed by atoms with van der Waals surface area (Å²) in [6.45, 7) is 2.19. The molecule has 2 heterocycles. The lowest BCUT2D eigenvalue weighted by atomic mass is 10.1. The number of anilines is 2. The topological polar surface area (TPSA) is 54.5 Å². The second-order valence-electron chi connectivity index (χ2n) is 6.96. The van der Waals surface area contributed by atoms with E-state index in [0.717, 1.165) is 24.3 Å². The lowest BCUT2D eigenvalue weighted by Gasteiger charge is -2.29. The molecule has 5 nitrogen and oxygen atoms in total. The van der Waals surface area contributed by atoms with Gasteiger partial charge in [-0.3, -0.25) is 9.78 Å². The van der Waals surface area contributed by atoms with E-state index in [2.05, 4.69) is 15.2 Å². The van der Waals surface area contributed by atoms with Crippen LogP contribution in [-0.2, 0) is 11.4 Å². The van der Waals surface area contributed by atoms with Crippen LogP contribution in [0, 0.1) is 0 Å². The fraction of sp³-hybridized carbons (Fsp3) is 0.217. The Morgan fingerprint density at radius 3 is 2.60 bits per heavy atom. The van der Waals surface area contributed by atoms with E-state index in [-0.39, 0.29) is 16.5 Å². The number of ether oxygens (including phenoxy) is 1. The van der Waals surface area contributed by atoms with Crippen LogP contribution >= 0.6 is 11.6 Å². The molecule has 0 saturated carbocycles. The van der Waals surface area contributed by atoms with Crippen molar-refractivity contribution in [3.63, 3.8) is 0 Å². The number of aromatic nitrogens is 1. The molecule has 0 radical (unpaired) electrons. The summed E-state index contributed by atoms with van der Waals surface area (Å²) in [4.78, 5) is 19.8. The normalized spacial score (nSPS) is 13.9. The van der Waals surface area contributed by atoms with Crippen LogP contribution in [-0.4, -0.2) is 37.2 Å². The Morgan fingerprint density at radius 1 is 1.13 bits per heavy atom. The number of nitrogens with zero attached hydrogens (tertiary/aromatic N) is 2. The van der Waals surface area contributed by atoms with Crippen molar-refractivity contribution in [3.05, 3.63) is 76.9 Å². The summed E-state index contributed by atoms with van der Waals surface area (Å²) in [5, 5.41) is 3.16. The van der Waals surface area contributed by atoms with Crippen molar-refractivity contribution in [1.82, 2.24) is 4.98 Å². The lowest BCUT2D eigenvalue weighted by molar-refractivity contribution is 0.102. The van der Waals surface area contributed by atoms with Crippen molar-refractivity contribution in [2.75, 3.05) is 36.5 Å². The van der Waals surface area contributed by atoms with Crippen LogP contribution in [0.1, 0.15) is 15.9 Å². The molecule has 1 amide bonds. The number of nitrogens with one attached hydrogen (secondary N) is 1. The number of carbonyl (C=O) groups excluding carboxylic acids is 1. The van der Waals surface area contributed by atoms with Crippen LogP contribution in [0.15, 0.2) is 60.8 Å². The lowest BCUT2D eigenvalue weighted by Crippen LogP contribution is -2.36. The highest BCUT2D eigenvalue weighted by Crippen LogP contribution is 2.31. The Morgan fingerprint density at radius 2 is 1.90 bits per heavy atom. The Bertz CT molecular complexity index is 1040. The van der Waals surface area contributed by atoms with Gasteiger partial charge in [0.25, 0.3) is 5.91 Å². The molecule has 4 rings (SSSR count). The predicted molar refractivity (Wildman–Crippen MR) is 117 cm³/mol. The van der Waals surface area contributed by atoms with Gasteiger partial charge in [0, 0.05) is 18.7 Å². The summed E-state index contributed by atoms with van der Waals surface area (Å²) >= 11 is 6.21. The SMILES string of the molecule is O=C(Nc1cc(N2CCOCC2)cnc1-c1ccccc1)c1ccc(CF)cc1Cl. The molecule has 2 aromatic carbocycles. The summed E-state index contributed by atoms with van der Waals surface area (Å²) in [6, 6.07) is 16.1. The average molecular weight is 426 g/mol. The number of amides is 1. The standard InChI is InChI=1S/C23H21ClFN3O2/c24-20-12-16(14-25)6-7-19(20)23(29)27-21-13-18(28-8-10-30-11-9-28)15-26-22(21)17-4-2-1-3-5-17/h1-7,12-13,15H,8-11,14H2,(H,27,29). The number of alkyl halides is 1. The summed E-state index contributed by atoms with van der Waals surface area (Å²) in [5.74, 6) is -0.372. The van der Waals surface area contributed by atoms with E-state index in [1.54, 1.807) is 6.07 Å². The maximum Gasteiger partial charge on any atom is 0.257 e. The van der Waals surface area contributed by atoms with Crippen LogP contribution in [0.5, 0.6) is 0 Å². The molecule has 0 spiro atoms. The summed E-state index contributed by atoms with van der Waals surface area (Å²) in [5.41, 5.74) is 3.76. The zero-order chi connectivity index (χ0) is 20.9. The fourth-order valence-electron chi connectivity index (χ4n) is 3.39. The zero-order valence-electron chi connectivity index (χ0n) is 16.3. The first-order valence-corrected chi connectivity index (χ1v) is 10.1. The third kappa shape index (κ3) is 4.45. The van der Waals surface area contributed by atoms with Crippen molar-refractivity contribution in [3.8, 4) is 11.3 Å². The molecule has 7 heteroatoms. The van der Waals surface area contributed by atoms with Gasteiger partial charge < -0.3 is 15.0 Å². The van der Waals surface area contributed by atoms with Gasteiger partial charge in [0.05, 0.1) is 47.1 Å². The van der Waals surface area contributed by atoms with Gasteiger partial charge in [-0.05, 0) is 23.8 Å². The highest BCUT2D eigenvalue weighted by atomic mass is 35.5. The second kappa shape index (κ2) is 9.24. The minimum absolute atomic E-state index is 0.209. The van der Waals surface area contributed by atoms with Crippen molar-refractivity contribution in [2.24, 2.45) is 0 Å². The minimum Gasteiger partial charge on any atom is -0.378 e. The number of benzene rings is 2. The number of hydrogen-bond donors (Lipinski definition) is 1. The monoisotopic (exact) mass is 425 g/mol. The van der Waals surface area contributed by atoms with Crippen LogP contribution in [0.4, 0.5) is 15.8 Å². The molecule has 1 aliphatic heterocycles. The maximum atomic E-state index is 13.0. The second-order valence-corrected chi connectivity index (χ2v) is 7.36. The molecule has 1 saturated heterocycles. The molecule has 1 fully saturated rings. The van der Waals surface area contributed by atoms with Gasteiger partial charge in [-0.1, -0.05) is 48.0 Å². The van der Waals surface area contributed by atoms with Crippen molar-refractivity contribution in [2.45, 2.75) is 6.67 Å². The van der Waals surface area contributed by atoms with Crippen LogP contribution < -0.4 is 10.2 Å². The molecule has 1 aromatic heterocycles. The van der Waals surface area contributed by atoms with E-state index < -0.39 is 6.67 Å². The van der Waals surface area contributed by atoms with Crippen LogP contribution in [0.25, 0.3) is 11.3 Å². The molecule has 0 aliphatic carbocycles. The highest BCUT2D eigenvalue weighted by Gasteiger charge is 2.18. The maximum absolute atomic E-state index is 13.0. The molecule has 0 atom stereocenters. The van der Waals surface area contributed by atoms with Crippen molar-refractivity contribution < 1.29 is 13.9 Å². The largest absolute Gasteiger partial charge is 0.378 e. The zero-order valence-corrected chi connectivity index (χ0v) is 17.0. The molecular weight excluding hydrogens is 405 g/mol. The molecule has 0 unspecified atom stereocenters. The van der Waals surface area contributed by atoms with Gasteiger partial charge in [-0.25, -0.2) is 4.39 Å². The Balaban J connectivity index is 1.69. The minimum atomic E-state index is -0.634. The smallest absolute Gasteiger partial charge is 0.257 e. The van der Waals surface area contributed by atoms with E-state index in [4.69, 9.17) is 16.3 Å². The number of halogens is 2. The predicted octanol–water partition coefficient (Wildman–Crippen LogP) is 4.96. The third-order valence-corrected chi connectivity index (χ3v) is 5.29. The summed E-state index contributed by atoms with van der Waals surface area (Å²) < 4.78 is 18.3. The van der Waals surface area contributed by atoms with Crippen LogP contribution in [0.2, 0.25) is 5.02 Å². The van der Waals surface area contributed by atoms with E-state index in [1.165, 1.54) is 12.1 Å². The van der Waals surface area contributed by atoms with E-state index in [1.807, 2.05) is 42.6 Å². The van der Waals surface area contributed by atoms with E-state index in [0.29, 0.717) is 30.2 Å². The van der Waals surface area contributed by atoms with Gasteiger partial charge >= 0.3 is 0 Å². The third-order valence-electron chi connectivity index (χ3n) is 4.98. The Hall–Kier alpha value is -2.96. The van der Waals surface area contributed by atoms with Gasteiger partial charge in [-0.2, -0.15) is 0 Å². The van der Waals surface area contributed by atoms with Crippen molar-refractivity contribution in [1.29, 1.82) is 0 Å². The first-order chi connectivity index (χ1) is 14.7. The fourth-order valence-corrected chi connectivity index (χ4v) is 3.67. The van der Waals surface area contributed by atoms with Crippen LogP contribution in [0.3, 0.4) is 0 Å². The molecule has 3 aromatic rings. The number of hydrogen-bond acceptors (Lipinski definition) is 4. The molecule has 1 N–H and O–H groups in total. The molecule has 0 bridgehead atoms. The van der Waals surface area contributed by atoms with E-state index in [9.17, 15) is 9.18 Å². The number of carbonyl (C=O) groups is 1. The first-order valence-electron chi connectivity index (χ1n) is 9.69. The molecule has 1 aliphatic rings. The van der Waals surface area contributed by atoms with Gasteiger partial charge in [0.1, 0.15) is 6.67 Å². The Kier molecular flexibility index (Phi) is 6.26. The molecular formula is C23H21ClFN3O2. The van der Waals surface area contributed by atoms with Gasteiger partial charge in [0.2, 0.25) is 0 Å². The molecule has 30 heavy (non-hydrogen) atoms. The van der Waals surface area contributed by atoms with E-state index >= 15 is 0 Å². The Labute approximate surface area is 179 Å². The van der Waals surface area contributed by atoms with Crippen molar-refractivity contribution >= 4 is 28.9 Å². The quantitative estimate of drug-likeness (QED) is 0.627. The summed E-state index contributed by atoms with van der Waals surface area (Å²) in [6.07, 6.45) is 1.81.